The number of aromatic amines is 1. The Labute approximate surface area is 97.5 Å². The molecule has 0 aliphatic carbocycles. The second kappa shape index (κ2) is 3.99. The Bertz CT molecular complexity index is 572. The van der Waals surface area contributed by atoms with Gasteiger partial charge in [-0.2, -0.15) is 5.10 Å². The fraction of sp³-hybridized carbons (Fsp3) is 0.333. The number of nitrogens with one attached hydrogen (secondary N) is 1. The summed E-state index contributed by atoms with van der Waals surface area (Å²) in [6, 6.07) is 3.79. The summed E-state index contributed by atoms with van der Waals surface area (Å²) in [5, 5.41) is 7.93. The highest BCUT2D eigenvalue weighted by Gasteiger charge is 2.21. The van der Waals surface area contributed by atoms with E-state index >= 15 is 0 Å². The van der Waals surface area contributed by atoms with E-state index in [9.17, 15) is 8.42 Å². The zero-order valence-corrected chi connectivity index (χ0v) is 10.5. The number of aromatic nitrogens is 3. The van der Waals surface area contributed by atoms with E-state index in [0.29, 0.717) is 11.6 Å². The Kier molecular flexibility index (Phi) is 2.81. The maximum absolute atomic E-state index is 11.3. The molecule has 7 heteroatoms. The molecule has 0 bridgehead atoms. The first kappa shape index (κ1) is 11.3. The van der Waals surface area contributed by atoms with Crippen LogP contribution >= 0.6 is 11.3 Å². The van der Waals surface area contributed by atoms with Crippen LogP contribution in [0.15, 0.2) is 17.5 Å². The Balaban J connectivity index is 2.34. The minimum Gasteiger partial charge on any atom is -0.262 e. The fourth-order valence-electron chi connectivity index (χ4n) is 1.17. The maximum Gasteiger partial charge on any atom is 0.191 e. The number of hydrogen-bond donors (Lipinski definition) is 1. The van der Waals surface area contributed by atoms with Gasteiger partial charge in [0.05, 0.1) is 4.88 Å². The van der Waals surface area contributed by atoms with Gasteiger partial charge in [-0.05, 0) is 18.4 Å². The highest BCUT2D eigenvalue weighted by molar-refractivity contribution is 7.90. The predicted octanol–water partition coefficient (Wildman–Crippen LogP) is 1.64. The molecule has 1 N–H and O–H groups in total. The number of hydrogen-bond acceptors (Lipinski definition) is 5. The Hall–Kier alpha value is -1.21. The van der Waals surface area contributed by atoms with E-state index < -0.39 is 15.1 Å². The zero-order chi connectivity index (χ0) is 11.8. The molecule has 2 rings (SSSR count). The lowest BCUT2D eigenvalue weighted by Gasteiger charge is -2.03. The van der Waals surface area contributed by atoms with E-state index in [0.717, 1.165) is 4.88 Å². The molecule has 0 aliphatic heterocycles. The second-order valence-corrected chi connectivity index (χ2v) is 6.81. The van der Waals surface area contributed by atoms with Crippen LogP contribution in [0.4, 0.5) is 0 Å². The molecule has 0 spiro atoms. The van der Waals surface area contributed by atoms with Gasteiger partial charge in [0.2, 0.25) is 0 Å². The van der Waals surface area contributed by atoms with Gasteiger partial charge in [-0.25, -0.2) is 13.4 Å². The van der Waals surface area contributed by atoms with Crippen LogP contribution in [0.5, 0.6) is 0 Å². The molecule has 2 aromatic heterocycles. The van der Waals surface area contributed by atoms with Gasteiger partial charge in [-0.3, -0.25) is 5.10 Å². The Morgan fingerprint density at radius 2 is 2.25 bits per heavy atom. The van der Waals surface area contributed by atoms with E-state index in [4.69, 9.17) is 0 Å². The maximum atomic E-state index is 11.3. The van der Waals surface area contributed by atoms with Crippen molar-refractivity contribution in [2.45, 2.75) is 12.2 Å². The number of H-pyrrole nitrogens is 1. The van der Waals surface area contributed by atoms with Crippen LogP contribution < -0.4 is 0 Å². The summed E-state index contributed by atoms with van der Waals surface area (Å²) < 4.78 is 22.7. The van der Waals surface area contributed by atoms with E-state index in [1.165, 1.54) is 17.6 Å². The van der Waals surface area contributed by atoms with E-state index in [1.807, 2.05) is 17.5 Å². The average molecular weight is 257 g/mol. The lowest BCUT2D eigenvalue weighted by atomic mass is 10.4. The Morgan fingerprint density at radius 1 is 1.50 bits per heavy atom. The molecule has 2 aromatic rings. The minimum absolute atomic E-state index is 0.380. The number of nitrogens with zero attached hydrogens (tertiary/aromatic N) is 2. The third kappa shape index (κ3) is 2.14. The zero-order valence-electron chi connectivity index (χ0n) is 8.84. The summed E-state index contributed by atoms with van der Waals surface area (Å²) in [5.41, 5.74) is 0. The molecule has 86 valence electrons. The molecule has 0 radical (unpaired) electrons. The van der Waals surface area contributed by atoms with E-state index in [1.54, 1.807) is 6.92 Å². The van der Waals surface area contributed by atoms with Crippen LogP contribution in [-0.2, 0) is 9.84 Å². The van der Waals surface area contributed by atoms with Gasteiger partial charge in [0.1, 0.15) is 11.1 Å². The summed E-state index contributed by atoms with van der Waals surface area (Å²) in [5.74, 6) is 0.923. The standard InChI is InChI=1S/C9H11N3O2S2/c1-6(16(2,13)14)8-10-9(12-11-8)7-4-3-5-15-7/h3-6H,1-2H3,(H,10,11,12). The summed E-state index contributed by atoms with van der Waals surface area (Å²) >= 11 is 1.51. The normalized spacial score (nSPS) is 13.9. The van der Waals surface area contributed by atoms with Crippen LogP contribution in [0.3, 0.4) is 0 Å². The van der Waals surface area contributed by atoms with Gasteiger partial charge in [0.15, 0.2) is 15.7 Å². The van der Waals surface area contributed by atoms with Crippen molar-refractivity contribution in [3.05, 3.63) is 23.3 Å². The highest BCUT2D eigenvalue weighted by Crippen LogP contribution is 2.23. The summed E-state index contributed by atoms with van der Waals surface area (Å²) in [4.78, 5) is 5.10. The van der Waals surface area contributed by atoms with Crippen molar-refractivity contribution in [3.8, 4) is 10.7 Å². The largest absolute Gasteiger partial charge is 0.262 e. The van der Waals surface area contributed by atoms with Crippen molar-refractivity contribution in [3.63, 3.8) is 0 Å². The lowest BCUT2D eigenvalue weighted by Crippen LogP contribution is -2.09. The second-order valence-electron chi connectivity index (χ2n) is 3.49. The molecule has 0 amide bonds. The molecular weight excluding hydrogens is 246 g/mol. The monoisotopic (exact) mass is 257 g/mol. The van der Waals surface area contributed by atoms with Crippen molar-refractivity contribution < 1.29 is 8.42 Å². The van der Waals surface area contributed by atoms with Gasteiger partial charge in [-0.1, -0.05) is 6.07 Å². The van der Waals surface area contributed by atoms with E-state index in [-0.39, 0.29) is 0 Å². The molecular formula is C9H11N3O2S2. The van der Waals surface area contributed by atoms with Crippen LogP contribution in [0.25, 0.3) is 10.7 Å². The first-order valence-electron chi connectivity index (χ1n) is 4.63. The van der Waals surface area contributed by atoms with Crippen molar-refractivity contribution in [2.24, 2.45) is 0 Å². The number of rotatable bonds is 3. The SMILES string of the molecule is CC(c1nc(-c2cccs2)n[nH]1)S(C)(=O)=O. The number of sulfone groups is 1. The molecule has 1 unspecified atom stereocenters. The predicted molar refractivity (Wildman–Crippen MR) is 63.0 cm³/mol. The third-order valence-electron chi connectivity index (χ3n) is 2.27. The molecule has 0 saturated heterocycles. The summed E-state index contributed by atoms with van der Waals surface area (Å²) in [6.07, 6.45) is 1.19. The van der Waals surface area contributed by atoms with Crippen LogP contribution in [0.2, 0.25) is 0 Å². The molecule has 5 nitrogen and oxygen atoms in total. The quantitative estimate of drug-likeness (QED) is 0.907. The van der Waals surface area contributed by atoms with Gasteiger partial charge in [0.25, 0.3) is 0 Å². The minimum atomic E-state index is -3.14. The van der Waals surface area contributed by atoms with Gasteiger partial charge in [0, 0.05) is 6.26 Å². The molecule has 16 heavy (non-hydrogen) atoms. The van der Waals surface area contributed by atoms with Gasteiger partial charge < -0.3 is 0 Å². The molecule has 0 aliphatic rings. The molecule has 1 atom stereocenters. The molecule has 0 saturated carbocycles. The van der Waals surface area contributed by atoms with Crippen molar-refractivity contribution >= 4 is 21.2 Å². The molecule has 2 heterocycles. The topological polar surface area (TPSA) is 75.7 Å². The first-order valence-corrected chi connectivity index (χ1v) is 7.47. The smallest absolute Gasteiger partial charge is 0.191 e. The van der Waals surface area contributed by atoms with Crippen molar-refractivity contribution in [1.82, 2.24) is 15.2 Å². The van der Waals surface area contributed by atoms with Gasteiger partial charge >= 0.3 is 0 Å². The average Bonchev–Trinajstić information content (AvgIpc) is 2.85. The van der Waals surface area contributed by atoms with Crippen LogP contribution in [-0.4, -0.2) is 29.9 Å². The van der Waals surface area contributed by atoms with Gasteiger partial charge in [-0.15, -0.1) is 11.3 Å². The highest BCUT2D eigenvalue weighted by atomic mass is 32.2. The Morgan fingerprint density at radius 3 is 2.81 bits per heavy atom. The molecule has 0 fully saturated rings. The van der Waals surface area contributed by atoms with Crippen LogP contribution in [0, 0.1) is 0 Å². The van der Waals surface area contributed by atoms with Crippen molar-refractivity contribution in [1.29, 1.82) is 0 Å². The summed E-state index contributed by atoms with van der Waals surface area (Å²) in [6.45, 7) is 1.59. The van der Waals surface area contributed by atoms with Crippen LogP contribution in [0.1, 0.15) is 18.0 Å². The molecule has 0 aromatic carbocycles. The number of thiophene rings is 1. The lowest BCUT2D eigenvalue weighted by molar-refractivity contribution is 0.589. The van der Waals surface area contributed by atoms with Crippen molar-refractivity contribution in [2.75, 3.05) is 6.26 Å². The fourth-order valence-corrected chi connectivity index (χ4v) is 2.34. The third-order valence-corrected chi connectivity index (χ3v) is 4.65. The summed E-state index contributed by atoms with van der Waals surface area (Å²) in [7, 11) is -3.14. The first-order chi connectivity index (χ1) is 7.48. The van der Waals surface area contributed by atoms with E-state index in [2.05, 4.69) is 15.2 Å².